The molecule has 0 saturated heterocycles. The molecule has 0 heterocycles. The first-order valence-electron chi connectivity index (χ1n) is 5.87. The number of nitrogens with one attached hydrogen (secondary N) is 1. The average molecular weight is 276 g/mol. The maximum absolute atomic E-state index is 5.92. The molecule has 1 aromatic rings. The van der Waals surface area contributed by atoms with Gasteiger partial charge in [0.25, 0.3) is 0 Å². The van der Waals surface area contributed by atoms with E-state index in [9.17, 15) is 0 Å². The molecular formula is C13H19Cl2NO. The van der Waals surface area contributed by atoms with E-state index in [1.165, 1.54) is 12.8 Å². The Morgan fingerprint density at radius 1 is 1.12 bits per heavy atom. The molecule has 1 aliphatic rings. The van der Waals surface area contributed by atoms with Crippen LogP contribution in [0, 0.1) is 0 Å². The van der Waals surface area contributed by atoms with E-state index in [0.29, 0.717) is 12.1 Å². The third-order valence-electron chi connectivity index (χ3n) is 3.20. The van der Waals surface area contributed by atoms with Crippen LogP contribution in [0.3, 0.4) is 0 Å². The Hall–Kier alpha value is -0.440. The van der Waals surface area contributed by atoms with Gasteiger partial charge in [0.15, 0.2) is 0 Å². The molecule has 0 radical (unpaired) electrons. The van der Waals surface area contributed by atoms with Crippen LogP contribution in [0.15, 0.2) is 24.3 Å². The summed E-state index contributed by atoms with van der Waals surface area (Å²) in [4.78, 5) is 0. The molecule has 0 unspecified atom stereocenters. The number of rotatable bonds is 3. The van der Waals surface area contributed by atoms with Crippen LogP contribution in [0.5, 0.6) is 5.75 Å². The molecule has 4 heteroatoms. The van der Waals surface area contributed by atoms with Crippen LogP contribution >= 0.6 is 24.0 Å². The summed E-state index contributed by atoms with van der Waals surface area (Å²) in [5, 5.41) is 4.08. The van der Waals surface area contributed by atoms with E-state index in [1.54, 1.807) is 0 Å². The van der Waals surface area contributed by atoms with Crippen molar-refractivity contribution in [1.82, 2.24) is 5.32 Å². The molecule has 96 valence electrons. The van der Waals surface area contributed by atoms with Crippen molar-refractivity contribution in [3.05, 3.63) is 29.3 Å². The Kier molecular flexibility index (Phi) is 6.10. The maximum atomic E-state index is 5.92. The predicted octanol–water partition coefficient (Wildman–Crippen LogP) is 3.67. The Balaban J connectivity index is 0.00000144. The van der Waals surface area contributed by atoms with Gasteiger partial charge in [0, 0.05) is 11.1 Å². The van der Waals surface area contributed by atoms with Crippen LogP contribution in [-0.2, 0) is 0 Å². The summed E-state index contributed by atoms with van der Waals surface area (Å²) in [6, 6.07) is 8.29. The molecule has 0 amide bonds. The van der Waals surface area contributed by atoms with Crippen molar-refractivity contribution in [2.45, 2.75) is 37.8 Å². The highest BCUT2D eigenvalue weighted by atomic mass is 35.5. The van der Waals surface area contributed by atoms with E-state index in [-0.39, 0.29) is 12.4 Å². The zero-order valence-electron chi connectivity index (χ0n) is 9.99. The first kappa shape index (κ1) is 14.6. The third kappa shape index (κ3) is 4.38. The highest BCUT2D eigenvalue weighted by Crippen LogP contribution is 2.24. The van der Waals surface area contributed by atoms with E-state index in [2.05, 4.69) is 5.32 Å². The largest absolute Gasteiger partial charge is 0.490 e. The fourth-order valence-electron chi connectivity index (χ4n) is 2.17. The lowest BCUT2D eigenvalue weighted by Crippen LogP contribution is -2.34. The Morgan fingerprint density at radius 3 is 2.24 bits per heavy atom. The molecule has 0 aliphatic heterocycles. The number of halogens is 2. The molecule has 0 aromatic heterocycles. The van der Waals surface area contributed by atoms with Gasteiger partial charge >= 0.3 is 0 Å². The molecule has 1 N–H and O–H groups in total. The number of benzene rings is 1. The minimum Gasteiger partial charge on any atom is -0.490 e. The highest BCUT2D eigenvalue weighted by Gasteiger charge is 2.20. The Bertz CT molecular complexity index is 321. The topological polar surface area (TPSA) is 21.3 Å². The summed E-state index contributed by atoms with van der Waals surface area (Å²) in [6.07, 6.45) is 5.04. The van der Waals surface area contributed by atoms with Gasteiger partial charge in [0.2, 0.25) is 0 Å². The highest BCUT2D eigenvalue weighted by molar-refractivity contribution is 6.30. The summed E-state index contributed by atoms with van der Waals surface area (Å²) in [7, 11) is 2.03. The number of ether oxygens (including phenoxy) is 1. The van der Waals surface area contributed by atoms with Crippen molar-refractivity contribution in [2.75, 3.05) is 7.05 Å². The molecular weight excluding hydrogens is 257 g/mol. The fraction of sp³-hybridized carbons (Fsp3) is 0.538. The quantitative estimate of drug-likeness (QED) is 0.909. The second-order valence-corrected chi connectivity index (χ2v) is 4.77. The molecule has 0 atom stereocenters. The molecule has 17 heavy (non-hydrogen) atoms. The molecule has 1 aromatic carbocycles. The SMILES string of the molecule is CNC1CCC(Oc2ccc(Cl)cc2)CC1.Cl. The first-order chi connectivity index (χ1) is 7.78. The molecule has 0 bridgehead atoms. The summed E-state index contributed by atoms with van der Waals surface area (Å²) in [5.41, 5.74) is 0. The second-order valence-electron chi connectivity index (χ2n) is 4.33. The fourth-order valence-corrected chi connectivity index (χ4v) is 2.30. The van der Waals surface area contributed by atoms with Crippen molar-refractivity contribution < 1.29 is 4.74 Å². The van der Waals surface area contributed by atoms with Crippen LogP contribution < -0.4 is 10.1 Å². The van der Waals surface area contributed by atoms with Gasteiger partial charge < -0.3 is 10.1 Å². The molecule has 0 spiro atoms. The summed E-state index contributed by atoms with van der Waals surface area (Å²) < 4.78 is 5.92. The molecule has 1 fully saturated rings. The van der Waals surface area contributed by atoms with Crippen LogP contribution in [-0.4, -0.2) is 19.2 Å². The van der Waals surface area contributed by atoms with Crippen LogP contribution in [0.25, 0.3) is 0 Å². The smallest absolute Gasteiger partial charge is 0.119 e. The van der Waals surface area contributed by atoms with Gasteiger partial charge in [-0.05, 0) is 57.0 Å². The average Bonchev–Trinajstić information content (AvgIpc) is 2.33. The Morgan fingerprint density at radius 2 is 1.71 bits per heavy atom. The van der Waals surface area contributed by atoms with Crippen molar-refractivity contribution in [3.63, 3.8) is 0 Å². The minimum absolute atomic E-state index is 0. The monoisotopic (exact) mass is 275 g/mol. The van der Waals surface area contributed by atoms with E-state index in [1.807, 2.05) is 31.3 Å². The summed E-state index contributed by atoms with van der Waals surface area (Å²) in [5.74, 6) is 0.928. The normalized spacial score (nSPS) is 23.9. The van der Waals surface area contributed by atoms with Crippen LogP contribution in [0.4, 0.5) is 0 Å². The summed E-state index contributed by atoms with van der Waals surface area (Å²) >= 11 is 5.83. The van der Waals surface area contributed by atoms with Crippen molar-refractivity contribution in [3.8, 4) is 5.75 Å². The van der Waals surface area contributed by atoms with Gasteiger partial charge in [-0.3, -0.25) is 0 Å². The van der Waals surface area contributed by atoms with Crippen LogP contribution in [0.1, 0.15) is 25.7 Å². The van der Waals surface area contributed by atoms with E-state index in [4.69, 9.17) is 16.3 Å². The molecule has 1 aliphatic carbocycles. The lowest BCUT2D eigenvalue weighted by atomic mass is 9.93. The standard InChI is InChI=1S/C13H18ClNO.ClH/c1-15-11-4-8-13(9-5-11)16-12-6-2-10(14)3-7-12;/h2-3,6-7,11,13,15H,4-5,8-9H2,1H3;1H. The minimum atomic E-state index is 0. The third-order valence-corrected chi connectivity index (χ3v) is 3.45. The zero-order valence-corrected chi connectivity index (χ0v) is 11.6. The molecule has 2 rings (SSSR count). The molecule has 1 saturated carbocycles. The van der Waals surface area contributed by atoms with Gasteiger partial charge in [-0.2, -0.15) is 0 Å². The van der Waals surface area contributed by atoms with Gasteiger partial charge in [-0.25, -0.2) is 0 Å². The van der Waals surface area contributed by atoms with E-state index >= 15 is 0 Å². The van der Waals surface area contributed by atoms with Crippen molar-refractivity contribution >= 4 is 24.0 Å². The van der Waals surface area contributed by atoms with Gasteiger partial charge in [-0.1, -0.05) is 11.6 Å². The Labute approximate surface area is 114 Å². The van der Waals surface area contributed by atoms with Crippen LogP contribution in [0.2, 0.25) is 5.02 Å². The number of hydrogen-bond acceptors (Lipinski definition) is 2. The molecule has 2 nitrogen and oxygen atoms in total. The van der Waals surface area contributed by atoms with Crippen molar-refractivity contribution in [1.29, 1.82) is 0 Å². The zero-order chi connectivity index (χ0) is 11.4. The van der Waals surface area contributed by atoms with Crippen molar-refractivity contribution in [2.24, 2.45) is 0 Å². The second kappa shape index (κ2) is 7.10. The van der Waals surface area contributed by atoms with Gasteiger partial charge in [0.05, 0.1) is 6.10 Å². The number of hydrogen-bond donors (Lipinski definition) is 1. The lowest BCUT2D eigenvalue weighted by molar-refractivity contribution is 0.141. The maximum Gasteiger partial charge on any atom is 0.119 e. The van der Waals surface area contributed by atoms with Gasteiger partial charge in [0.1, 0.15) is 5.75 Å². The first-order valence-corrected chi connectivity index (χ1v) is 6.25. The van der Waals surface area contributed by atoms with Gasteiger partial charge in [-0.15, -0.1) is 12.4 Å². The van der Waals surface area contributed by atoms with E-state index < -0.39 is 0 Å². The van der Waals surface area contributed by atoms with E-state index in [0.717, 1.165) is 23.6 Å². The predicted molar refractivity (Wildman–Crippen MR) is 74.4 cm³/mol. The summed E-state index contributed by atoms with van der Waals surface area (Å²) in [6.45, 7) is 0. The lowest BCUT2D eigenvalue weighted by Gasteiger charge is -2.28.